The van der Waals surface area contributed by atoms with Gasteiger partial charge in [-0.05, 0) is 18.6 Å². The van der Waals surface area contributed by atoms with Crippen molar-refractivity contribution in [2.45, 2.75) is 6.92 Å². The third-order valence-corrected chi connectivity index (χ3v) is 2.54. The molecule has 19 heavy (non-hydrogen) atoms. The van der Waals surface area contributed by atoms with Gasteiger partial charge in [-0.3, -0.25) is 15.5 Å². The van der Waals surface area contributed by atoms with Crippen LogP contribution in [0.5, 0.6) is 0 Å². The maximum atomic E-state index is 10.6. The van der Waals surface area contributed by atoms with Gasteiger partial charge >= 0.3 is 0 Å². The van der Waals surface area contributed by atoms with Crippen LogP contribution in [0.15, 0.2) is 53.6 Å². The highest BCUT2D eigenvalue weighted by Gasteiger charge is 2.04. The van der Waals surface area contributed by atoms with E-state index in [-0.39, 0.29) is 5.69 Å². The molecule has 5 heteroatoms. The zero-order valence-corrected chi connectivity index (χ0v) is 10.4. The third kappa shape index (κ3) is 3.64. The SMILES string of the molecule is Cc1ccc(/C=N/Nc2cccc([N+](=O)[O-])c2)cc1. The lowest BCUT2D eigenvalue weighted by Gasteiger charge is -1.99. The van der Waals surface area contributed by atoms with Gasteiger partial charge in [-0.1, -0.05) is 35.9 Å². The van der Waals surface area contributed by atoms with E-state index >= 15 is 0 Å². The van der Waals surface area contributed by atoms with Gasteiger partial charge in [0.1, 0.15) is 0 Å². The predicted molar refractivity (Wildman–Crippen MR) is 75.5 cm³/mol. The highest BCUT2D eigenvalue weighted by Crippen LogP contribution is 2.16. The van der Waals surface area contributed by atoms with Gasteiger partial charge in [0, 0.05) is 12.1 Å². The summed E-state index contributed by atoms with van der Waals surface area (Å²) in [6.45, 7) is 2.02. The number of nitrogens with one attached hydrogen (secondary N) is 1. The highest BCUT2D eigenvalue weighted by atomic mass is 16.6. The summed E-state index contributed by atoms with van der Waals surface area (Å²) in [5.74, 6) is 0. The molecule has 0 unspecified atom stereocenters. The minimum atomic E-state index is -0.436. The first-order valence-corrected chi connectivity index (χ1v) is 5.75. The number of anilines is 1. The van der Waals surface area contributed by atoms with Crippen LogP contribution in [0.4, 0.5) is 11.4 Å². The average Bonchev–Trinajstić information content (AvgIpc) is 2.41. The average molecular weight is 255 g/mol. The van der Waals surface area contributed by atoms with Gasteiger partial charge in [-0.15, -0.1) is 0 Å². The van der Waals surface area contributed by atoms with Gasteiger partial charge in [0.05, 0.1) is 16.8 Å². The molecule has 2 aromatic carbocycles. The van der Waals surface area contributed by atoms with Crippen LogP contribution in [0.2, 0.25) is 0 Å². The summed E-state index contributed by atoms with van der Waals surface area (Å²) < 4.78 is 0. The van der Waals surface area contributed by atoms with Crippen LogP contribution in [-0.4, -0.2) is 11.1 Å². The van der Waals surface area contributed by atoms with E-state index in [1.165, 1.54) is 17.7 Å². The molecule has 0 aromatic heterocycles. The molecule has 0 aliphatic carbocycles. The highest BCUT2D eigenvalue weighted by molar-refractivity contribution is 5.80. The van der Waals surface area contributed by atoms with E-state index in [0.29, 0.717) is 5.69 Å². The van der Waals surface area contributed by atoms with Crippen LogP contribution in [0.1, 0.15) is 11.1 Å². The number of hydrazone groups is 1. The maximum absolute atomic E-state index is 10.6. The number of non-ortho nitro benzene ring substituents is 1. The molecule has 0 aliphatic heterocycles. The largest absolute Gasteiger partial charge is 0.278 e. The summed E-state index contributed by atoms with van der Waals surface area (Å²) in [4.78, 5) is 10.2. The van der Waals surface area contributed by atoms with Crippen molar-refractivity contribution in [2.24, 2.45) is 5.10 Å². The predicted octanol–water partition coefficient (Wildman–Crippen LogP) is 3.35. The van der Waals surface area contributed by atoms with E-state index in [2.05, 4.69) is 10.5 Å². The minimum absolute atomic E-state index is 0.0375. The zero-order chi connectivity index (χ0) is 13.7. The monoisotopic (exact) mass is 255 g/mol. The Hall–Kier alpha value is -2.69. The van der Waals surface area contributed by atoms with Crippen molar-refractivity contribution in [1.29, 1.82) is 0 Å². The topological polar surface area (TPSA) is 67.5 Å². The molecule has 0 fully saturated rings. The number of nitrogens with zero attached hydrogens (tertiary/aromatic N) is 2. The van der Waals surface area contributed by atoms with Gasteiger partial charge < -0.3 is 0 Å². The van der Waals surface area contributed by atoms with E-state index in [9.17, 15) is 10.1 Å². The van der Waals surface area contributed by atoms with Gasteiger partial charge in [0.25, 0.3) is 5.69 Å². The van der Waals surface area contributed by atoms with Crippen molar-refractivity contribution in [3.05, 3.63) is 69.8 Å². The Morgan fingerprint density at radius 2 is 1.95 bits per heavy atom. The number of nitro benzene ring substituents is 1. The fourth-order valence-corrected chi connectivity index (χ4v) is 1.52. The van der Waals surface area contributed by atoms with Gasteiger partial charge in [-0.2, -0.15) is 5.10 Å². The smallest absolute Gasteiger partial charge is 0.271 e. The summed E-state index contributed by atoms with van der Waals surface area (Å²) in [6, 6.07) is 14.1. The molecule has 1 N–H and O–H groups in total. The van der Waals surface area contributed by atoms with E-state index in [1.807, 2.05) is 31.2 Å². The molecule has 0 radical (unpaired) electrons. The third-order valence-electron chi connectivity index (χ3n) is 2.54. The van der Waals surface area contributed by atoms with Crippen LogP contribution in [0.25, 0.3) is 0 Å². The van der Waals surface area contributed by atoms with Gasteiger partial charge in [0.15, 0.2) is 0 Å². The second-order valence-electron chi connectivity index (χ2n) is 4.09. The van der Waals surface area contributed by atoms with Crippen LogP contribution in [-0.2, 0) is 0 Å². The van der Waals surface area contributed by atoms with Crippen LogP contribution < -0.4 is 5.43 Å². The Bertz CT molecular complexity index is 606. The van der Waals surface area contributed by atoms with Crippen molar-refractivity contribution in [3.63, 3.8) is 0 Å². The van der Waals surface area contributed by atoms with Gasteiger partial charge in [-0.25, -0.2) is 0 Å². The fraction of sp³-hybridized carbons (Fsp3) is 0.0714. The molecular formula is C14H13N3O2. The second-order valence-corrected chi connectivity index (χ2v) is 4.09. The zero-order valence-electron chi connectivity index (χ0n) is 10.4. The Balaban J connectivity index is 2.04. The molecule has 0 aliphatic rings. The molecule has 0 saturated heterocycles. The van der Waals surface area contributed by atoms with Crippen molar-refractivity contribution >= 4 is 17.6 Å². The van der Waals surface area contributed by atoms with E-state index in [0.717, 1.165) is 5.56 Å². The molecule has 0 spiro atoms. The molecule has 0 amide bonds. The molecule has 0 heterocycles. The Morgan fingerprint density at radius 3 is 2.63 bits per heavy atom. The summed E-state index contributed by atoms with van der Waals surface area (Å²) in [6.07, 6.45) is 1.66. The number of hydrogen-bond donors (Lipinski definition) is 1. The molecular weight excluding hydrogens is 242 g/mol. The van der Waals surface area contributed by atoms with Crippen molar-refractivity contribution in [2.75, 3.05) is 5.43 Å². The summed E-state index contributed by atoms with van der Waals surface area (Å²) in [5, 5.41) is 14.7. The Labute approximate surface area is 110 Å². The van der Waals surface area contributed by atoms with E-state index in [1.54, 1.807) is 18.3 Å². The first-order valence-electron chi connectivity index (χ1n) is 5.75. The molecule has 0 bridgehead atoms. The lowest BCUT2D eigenvalue weighted by molar-refractivity contribution is -0.384. The van der Waals surface area contributed by atoms with E-state index in [4.69, 9.17) is 0 Å². The number of rotatable bonds is 4. The number of hydrogen-bond acceptors (Lipinski definition) is 4. The number of aryl methyl sites for hydroxylation is 1. The van der Waals surface area contributed by atoms with Crippen LogP contribution in [0, 0.1) is 17.0 Å². The lowest BCUT2D eigenvalue weighted by Crippen LogP contribution is -1.93. The summed E-state index contributed by atoms with van der Waals surface area (Å²) in [5.41, 5.74) is 5.53. The van der Waals surface area contributed by atoms with Crippen molar-refractivity contribution < 1.29 is 4.92 Å². The molecule has 0 atom stereocenters. The Kier molecular flexibility index (Phi) is 3.87. The lowest BCUT2D eigenvalue weighted by atomic mass is 10.2. The molecule has 2 rings (SSSR count). The summed E-state index contributed by atoms with van der Waals surface area (Å²) in [7, 11) is 0. The molecule has 5 nitrogen and oxygen atoms in total. The molecule has 0 saturated carbocycles. The summed E-state index contributed by atoms with van der Waals surface area (Å²) >= 11 is 0. The quantitative estimate of drug-likeness (QED) is 0.517. The van der Waals surface area contributed by atoms with Crippen LogP contribution in [0.3, 0.4) is 0 Å². The van der Waals surface area contributed by atoms with Crippen molar-refractivity contribution in [1.82, 2.24) is 0 Å². The van der Waals surface area contributed by atoms with Crippen LogP contribution >= 0.6 is 0 Å². The molecule has 96 valence electrons. The number of nitro groups is 1. The van der Waals surface area contributed by atoms with E-state index < -0.39 is 4.92 Å². The first kappa shape index (κ1) is 12.8. The standard InChI is InChI=1S/C14H13N3O2/c1-11-5-7-12(8-6-11)10-15-16-13-3-2-4-14(9-13)17(18)19/h2-10,16H,1H3/b15-10+. The normalized spacial score (nSPS) is 10.6. The fourth-order valence-electron chi connectivity index (χ4n) is 1.52. The second kappa shape index (κ2) is 5.77. The number of benzene rings is 2. The van der Waals surface area contributed by atoms with Gasteiger partial charge in [0.2, 0.25) is 0 Å². The first-order chi connectivity index (χ1) is 9.15. The van der Waals surface area contributed by atoms with Crippen molar-refractivity contribution in [3.8, 4) is 0 Å². The maximum Gasteiger partial charge on any atom is 0.271 e. The molecule has 2 aromatic rings. The Morgan fingerprint density at radius 1 is 1.21 bits per heavy atom. The minimum Gasteiger partial charge on any atom is -0.278 e.